The molecule has 1 atom stereocenters. The van der Waals surface area contributed by atoms with Gasteiger partial charge in [0.15, 0.2) is 11.9 Å². The first-order chi connectivity index (χ1) is 28.0. The van der Waals surface area contributed by atoms with E-state index in [-0.39, 0.29) is 54.2 Å². The van der Waals surface area contributed by atoms with Gasteiger partial charge < -0.3 is 42.4 Å². The number of alkyl halides is 6. The number of ether oxygens (including phenoxy) is 1. The molecule has 0 spiro atoms. The maximum Gasteiger partial charge on any atom is 0.490 e. The molecule has 0 radical (unpaired) electrons. The predicted octanol–water partition coefficient (Wildman–Crippen LogP) is 4.07. The summed E-state index contributed by atoms with van der Waals surface area (Å²) in [5, 5.41) is 30.0. The minimum atomic E-state index is -5.08. The fraction of sp³-hybridized carbons (Fsp3) is 0.243. The Morgan fingerprint density at radius 2 is 1.53 bits per heavy atom. The van der Waals surface area contributed by atoms with E-state index in [9.17, 15) is 45.5 Å². The van der Waals surface area contributed by atoms with Crippen LogP contribution in [-0.2, 0) is 37.0 Å². The van der Waals surface area contributed by atoms with Crippen LogP contribution in [0.2, 0.25) is 0 Å². The number of amides is 2. The van der Waals surface area contributed by atoms with Crippen molar-refractivity contribution in [3.63, 3.8) is 0 Å². The van der Waals surface area contributed by atoms with Crippen molar-refractivity contribution in [2.24, 2.45) is 5.73 Å². The van der Waals surface area contributed by atoms with Crippen molar-refractivity contribution < 1.29 is 65.3 Å². The summed E-state index contributed by atoms with van der Waals surface area (Å²) in [5.74, 6) is -4.49. The molecule has 60 heavy (non-hydrogen) atoms. The molecule has 0 saturated carbocycles. The molecule has 3 aromatic carbocycles. The van der Waals surface area contributed by atoms with Crippen LogP contribution in [0.15, 0.2) is 83.8 Å². The predicted molar refractivity (Wildman–Crippen MR) is 205 cm³/mol. The largest absolute Gasteiger partial charge is 0.490 e. The van der Waals surface area contributed by atoms with Crippen molar-refractivity contribution in [2.75, 3.05) is 18.2 Å². The van der Waals surface area contributed by atoms with Gasteiger partial charge in [0, 0.05) is 35.0 Å². The lowest BCUT2D eigenvalue weighted by Gasteiger charge is -2.18. The van der Waals surface area contributed by atoms with Gasteiger partial charge in [-0.1, -0.05) is 54.6 Å². The number of amidine groups is 1. The van der Waals surface area contributed by atoms with Crippen molar-refractivity contribution in [3.8, 4) is 11.3 Å². The highest BCUT2D eigenvalue weighted by Gasteiger charge is 2.38. The fourth-order valence-electron chi connectivity index (χ4n) is 4.64. The third-order valence-electron chi connectivity index (χ3n) is 7.14. The molecule has 0 unspecified atom stereocenters. The van der Waals surface area contributed by atoms with Crippen molar-refractivity contribution in [1.29, 1.82) is 5.41 Å². The summed E-state index contributed by atoms with van der Waals surface area (Å²) in [7, 11) is 1.23. The van der Waals surface area contributed by atoms with E-state index >= 15 is 0 Å². The Morgan fingerprint density at radius 3 is 2.02 bits per heavy atom. The van der Waals surface area contributed by atoms with Crippen LogP contribution in [0.5, 0.6) is 0 Å². The highest BCUT2D eigenvalue weighted by Crippen LogP contribution is 2.25. The SMILES string of the molecule is COC(=O)[C@@H](NC(=O)c1cc(N)cc(-c2cnc(NC(C)C)c(=O)n2CC(=O)NCc2ccc(C(=N)N)cc2)c1)c1ccccc1.FC(F)F.O=C(O)C(F)(F)F.O=CO. The molecule has 1 aromatic heterocycles. The molecule has 10 N–H and O–H groups in total. The standard InChI is InChI=1S/C33H36N8O5.C2HF3O2.CHF3.CH2O2/c1-19(2)39-30-32(44)41(18-27(42)37-16-20-9-11-22(12-10-20)29(35)36)26(17-38-30)23-13-24(15-25(34)14-23)31(43)40-28(33(45)46-3)21-7-5-4-6-8-21;3-2(4,5)1(6)7;2-1(3)4;2-1-3/h4-15,17,19,28H,16,18,34H2,1-3H3,(H3,35,36)(H,37,42)(H,38,39)(H,40,43);(H,6,7);1H;1H,(H,2,3)/t28-;;;/m0.../s1. The first kappa shape index (κ1) is 50.6. The number of hydrogen-bond donors (Lipinski definition) is 8. The number of carbonyl (C=O) groups excluding carboxylic acids is 3. The number of carboxylic acid groups (broad SMARTS) is 2. The average Bonchev–Trinajstić information content (AvgIpc) is 3.17. The van der Waals surface area contributed by atoms with Crippen LogP contribution in [0.3, 0.4) is 0 Å². The number of hydrogen-bond acceptors (Lipinski definition) is 11. The van der Waals surface area contributed by atoms with E-state index in [4.69, 9.17) is 41.4 Å². The molecule has 0 bridgehead atoms. The number of nitrogens with zero attached hydrogens (tertiary/aromatic N) is 2. The Bertz CT molecular complexity index is 2130. The third kappa shape index (κ3) is 17.4. The van der Waals surface area contributed by atoms with Gasteiger partial charge in [0.1, 0.15) is 12.4 Å². The lowest BCUT2D eigenvalue weighted by Crippen LogP contribution is -2.35. The van der Waals surface area contributed by atoms with Crippen LogP contribution >= 0.6 is 0 Å². The number of anilines is 2. The minimum absolute atomic E-state index is 0.0528. The second-order valence-corrected chi connectivity index (χ2v) is 11.9. The molecule has 1 heterocycles. The highest BCUT2D eigenvalue weighted by atomic mass is 19.4. The fourth-order valence-corrected chi connectivity index (χ4v) is 4.64. The number of carboxylic acids is 1. The van der Waals surface area contributed by atoms with Gasteiger partial charge in [-0.25, -0.2) is 14.6 Å². The van der Waals surface area contributed by atoms with Gasteiger partial charge in [0.05, 0.1) is 19.0 Å². The maximum atomic E-state index is 13.6. The number of benzene rings is 3. The lowest BCUT2D eigenvalue weighted by atomic mass is 10.0. The van der Waals surface area contributed by atoms with Crippen LogP contribution in [-0.4, -0.2) is 81.8 Å². The first-order valence-electron chi connectivity index (χ1n) is 16.8. The first-order valence-corrected chi connectivity index (χ1v) is 16.8. The molecule has 324 valence electrons. The van der Waals surface area contributed by atoms with Gasteiger partial charge in [0.2, 0.25) is 5.91 Å². The monoisotopic (exact) mass is 854 g/mol. The summed E-state index contributed by atoms with van der Waals surface area (Å²) in [5.41, 5.74) is 13.9. The molecule has 2 amide bonds. The van der Waals surface area contributed by atoms with Crippen molar-refractivity contribution in [3.05, 3.63) is 112 Å². The van der Waals surface area contributed by atoms with E-state index in [1.165, 1.54) is 30.0 Å². The highest BCUT2D eigenvalue weighted by molar-refractivity contribution is 5.99. The zero-order chi connectivity index (χ0) is 45.7. The molecule has 4 aromatic rings. The Morgan fingerprint density at radius 1 is 0.983 bits per heavy atom. The number of nitrogens with one attached hydrogen (secondary N) is 4. The quantitative estimate of drug-likeness (QED) is 0.0250. The van der Waals surface area contributed by atoms with Crippen molar-refractivity contribution in [1.82, 2.24) is 20.2 Å². The molecule has 4 rings (SSSR count). The molecule has 23 heteroatoms. The number of methoxy groups -OCH3 is 1. The average molecular weight is 855 g/mol. The van der Waals surface area contributed by atoms with Crippen LogP contribution in [0.25, 0.3) is 11.3 Å². The normalized spacial score (nSPS) is 10.8. The minimum Gasteiger partial charge on any atom is -0.483 e. The number of halogens is 6. The molecular formula is C37H40F6N8O9. The molecule has 17 nitrogen and oxygen atoms in total. The van der Waals surface area contributed by atoms with Crippen LogP contribution < -0.4 is 33.0 Å². The van der Waals surface area contributed by atoms with E-state index in [0.717, 1.165) is 5.56 Å². The molecule has 0 saturated heterocycles. The van der Waals surface area contributed by atoms with E-state index in [1.54, 1.807) is 60.7 Å². The summed E-state index contributed by atoms with van der Waals surface area (Å²) >= 11 is 0. The summed E-state index contributed by atoms with van der Waals surface area (Å²) < 4.78 is 66.9. The number of aliphatic carboxylic acids is 1. The van der Waals surface area contributed by atoms with Gasteiger partial charge in [-0.05, 0) is 43.2 Å². The Hall–Kier alpha value is -7.46. The lowest BCUT2D eigenvalue weighted by molar-refractivity contribution is -0.192. The van der Waals surface area contributed by atoms with Crippen molar-refractivity contribution in [2.45, 2.75) is 51.9 Å². The summed E-state index contributed by atoms with van der Waals surface area (Å²) in [6, 6.07) is 18.8. The van der Waals surface area contributed by atoms with Crippen LogP contribution in [0.1, 0.15) is 46.9 Å². The molecule has 0 aliphatic carbocycles. The number of aromatic nitrogens is 2. The number of nitrogen functional groups attached to an aromatic ring is 2. The Kier molecular flexibility index (Phi) is 20.5. The Labute approximate surface area is 336 Å². The second kappa shape index (κ2) is 24.3. The van der Waals surface area contributed by atoms with Gasteiger partial charge in [-0.15, -0.1) is 0 Å². The van der Waals surface area contributed by atoms with Crippen LogP contribution in [0.4, 0.5) is 37.8 Å². The number of rotatable bonds is 12. The zero-order valence-corrected chi connectivity index (χ0v) is 31.8. The number of esters is 1. The molecular weight excluding hydrogens is 814 g/mol. The molecule has 0 aliphatic heterocycles. The molecule has 0 fully saturated rings. The topological polar surface area (TPSA) is 282 Å². The third-order valence-corrected chi connectivity index (χ3v) is 7.14. The van der Waals surface area contributed by atoms with E-state index < -0.39 is 48.2 Å². The van der Waals surface area contributed by atoms with E-state index in [2.05, 4.69) is 20.9 Å². The molecule has 0 aliphatic rings. The van der Waals surface area contributed by atoms with E-state index in [0.29, 0.717) is 16.7 Å². The van der Waals surface area contributed by atoms with Gasteiger partial charge in [0.25, 0.3) is 17.9 Å². The van der Waals surface area contributed by atoms with Gasteiger partial charge in [-0.3, -0.25) is 29.2 Å². The number of carbonyl (C=O) groups is 5. The zero-order valence-electron chi connectivity index (χ0n) is 31.8. The smallest absolute Gasteiger partial charge is 0.483 e. The van der Waals surface area contributed by atoms with Crippen LogP contribution in [0, 0.1) is 5.41 Å². The summed E-state index contributed by atoms with van der Waals surface area (Å²) in [6.45, 7) is -0.398. The Balaban J connectivity index is 0.00000111. The van der Waals surface area contributed by atoms with Gasteiger partial charge in [-0.2, -0.15) is 26.3 Å². The summed E-state index contributed by atoms with van der Waals surface area (Å²) in [6.07, 6.45) is -3.66. The van der Waals surface area contributed by atoms with Gasteiger partial charge >= 0.3 is 24.8 Å². The maximum absolute atomic E-state index is 13.6. The van der Waals surface area contributed by atoms with Crippen molar-refractivity contribution >= 4 is 47.6 Å². The second-order valence-electron chi connectivity index (χ2n) is 11.9. The summed E-state index contributed by atoms with van der Waals surface area (Å²) in [4.78, 5) is 74.2. The number of nitrogens with two attached hydrogens (primary N) is 2. The van der Waals surface area contributed by atoms with E-state index in [1.807, 2.05) is 13.8 Å².